The molecule has 1 aromatic carbocycles. The van der Waals surface area contributed by atoms with E-state index in [0.717, 1.165) is 11.3 Å². The van der Waals surface area contributed by atoms with Gasteiger partial charge in [-0.1, -0.05) is 35.5 Å². The number of alkyl halides is 3. The van der Waals surface area contributed by atoms with Crippen LogP contribution in [0.15, 0.2) is 36.5 Å². The SMILES string of the molecule is OC(CN1CC(n2cc(-c3ccccc3)nn2)C1)C(F)(F)F. The molecule has 0 bridgehead atoms. The fourth-order valence-electron chi connectivity index (χ4n) is 2.40. The van der Waals surface area contributed by atoms with Gasteiger partial charge in [-0.15, -0.1) is 5.10 Å². The lowest BCUT2D eigenvalue weighted by molar-refractivity contribution is -0.211. The Kier molecular flexibility index (Phi) is 3.88. The number of benzene rings is 1. The highest BCUT2D eigenvalue weighted by molar-refractivity contribution is 5.57. The number of likely N-dealkylation sites (tertiary alicyclic amines) is 1. The minimum atomic E-state index is -4.57. The lowest BCUT2D eigenvalue weighted by atomic mass is 10.1. The summed E-state index contributed by atoms with van der Waals surface area (Å²) in [6, 6.07) is 9.53. The van der Waals surface area contributed by atoms with Gasteiger partial charge in [-0.2, -0.15) is 13.2 Å². The molecule has 2 aromatic rings. The van der Waals surface area contributed by atoms with E-state index in [1.807, 2.05) is 30.3 Å². The normalized spacial score (nSPS) is 18.2. The largest absolute Gasteiger partial charge is 0.415 e. The van der Waals surface area contributed by atoms with Gasteiger partial charge in [-0.3, -0.25) is 4.90 Å². The van der Waals surface area contributed by atoms with Gasteiger partial charge in [0.1, 0.15) is 5.69 Å². The van der Waals surface area contributed by atoms with Crippen molar-refractivity contribution in [3.05, 3.63) is 36.5 Å². The summed E-state index contributed by atoms with van der Waals surface area (Å²) >= 11 is 0. The minimum Gasteiger partial charge on any atom is -0.382 e. The van der Waals surface area contributed by atoms with Crippen molar-refractivity contribution in [2.24, 2.45) is 0 Å². The van der Waals surface area contributed by atoms with E-state index in [2.05, 4.69) is 10.3 Å². The molecule has 5 nitrogen and oxygen atoms in total. The fourth-order valence-corrected chi connectivity index (χ4v) is 2.40. The van der Waals surface area contributed by atoms with E-state index in [1.165, 1.54) is 0 Å². The van der Waals surface area contributed by atoms with Crippen molar-refractivity contribution in [3.8, 4) is 11.3 Å². The van der Waals surface area contributed by atoms with Crippen molar-refractivity contribution >= 4 is 0 Å². The Morgan fingerprint density at radius 2 is 1.91 bits per heavy atom. The zero-order chi connectivity index (χ0) is 15.7. The van der Waals surface area contributed by atoms with Crippen molar-refractivity contribution in [1.29, 1.82) is 0 Å². The number of aliphatic hydroxyl groups is 1. The summed E-state index contributed by atoms with van der Waals surface area (Å²) in [5, 5.41) is 17.1. The van der Waals surface area contributed by atoms with Gasteiger partial charge in [0.2, 0.25) is 0 Å². The first-order chi connectivity index (χ1) is 10.4. The smallest absolute Gasteiger partial charge is 0.382 e. The third-order valence-corrected chi connectivity index (χ3v) is 3.70. The van der Waals surface area contributed by atoms with Crippen LogP contribution in [0.1, 0.15) is 6.04 Å². The number of β-amino-alcohol motifs (C(OH)–C–C–N with tert-alkyl or cyclic N) is 1. The average Bonchev–Trinajstić information content (AvgIpc) is 2.91. The first kappa shape index (κ1) is 15.0. The first-order valence-electron chi connectivity index (χ1n) is 6.88. The lowest BCUT2D eigenvalue weighted by Crippen LogP contribution is -2.52. The summed E-state index contributed by atoms with van der Waals surface area (Å²) in [6.07, 6.45) is -5.08. The molecule has 8 heteroatoms. The number of aromatic nitrogens is 3. The second-order valence-corrected chi connectivity index (χ2v) is 5.38. The third kappa shape index (κ3) is 3.12. The molecule has 0 radical (unpaired) electrons. The summed E-state index contributed by atoms with van der Waals surface area (Å²) < 4.78 is 38.5. The fraction of sp³-hybridized carbons (Fsp3) is 0.429. The predicted molar refractivity (Wildman–Crippen MR) is 73.0 cm³/mol. The second kappa shape index (κ2) is 5.69. The number of aliphatic hydroxyl groups excluding tert-OH is 1. The van der Waals surface area contributed by atoms with Gasteiger partial charge in [-0.25, -0.2) is 4.68 Å². The van der Waals surface area contributed by atoms with Crippen molar-refractivity contribution in [2.45, 2.75) is 18.3 Å². The van der Waals surface area contributed by atoms with E-state index in [-0.39, 0.29) is 6.04 Å². The van der Waals surface area contributed by atoms with E-state index in [4.69, 9.17) is 5.11 Å². The third-order valence-electron chi connectivity index (χ3n) is 3.70. The van der Waals surface area contributed by atoms with Gasteiger partial charge in [0.05, 0.1) is 12.2 Å². The monoisotopic (exact) mass is 312 g/mol. The van der Waals surface area contributed by atoms with Crippen LogP contribution in [0, 0.1) is 0 Å². The summed E-state index contributed by atoms with van der Waals surface area (Å²) in [5.41, 5.74) is 1.67. The predicted octanol–water partition coefficient (Wildman–Crippen LogP) is 1.72. The molecule has 1 saturated heterocycles. The van der Waals surface area contributed by atoms with Crippen LogP contribution in [0.25, 0.3) is 11.3 Å². The maximum absolute atomic E-state index is 12.3. The van der Waals surface area contributed by atoms with E-state index in [0.29, 0.717) is 13.1 Å². The number of nitrogens with zero attached hydrogens (tertiary/aromatic N) is 4. The van der Waals surface area contributed by atoms with Crippen molar-refractivity contribution in [2.75, 3.05) is 19.6 Å². The number of rotatable bonds is 4. The molecule has 1 unspecified atom stereocenters. The van der Waals surface area contributed by atoms with Crippen molar-refractivity contribution in [1.82, 2.24) is 19.9 Å². The molecule has 1 N–H and O–H groups in total. The van der Waals surface area contributed by atoms with Gasteiger partial charge >= 0.3 is 6.18 Å². The van der Waals surface area contributed by atoms with Crippen LogP contribution in [0.2, 0.25) is 0 Å². The van der Waals surface area contributed by atoms with Gasteiger partial charge in [-0.05, 0) is 0 Å². The summed E-state index contributed by atoms with van der Waals surface area (Å²) in [4.78, 5) is 1.55. The Hall–Kier alpha value is -1.93. The van der Waals surface area contributed by atoms with E-state index >= 15 is 0 Å². The number of hydrogen-bond donors (Lipinski definition) is 1. The molecule has 0 aliphatic carbocycles. The summed E-state index contributed by atoms with van der Waals surface area (Å²) in [7, 11) is 0. The summed E-state index contributed by atoms with van der Waals surface area (Å²) in [5.74, 6) is 0. The van der Waals surface area contributed by atoms with E-state index < -0.39 is 18.8 Å². The number of hydrogen-bond acceptors (Lipinski definition) is 4. The lowest BCUT2D eigenvalue weighted by Gasteiger charge is -2.39. The van der Waals surface area contributed by atoms with Crippen LogP contribution in [0.5, 0.6) is 0 Å². The molecule has 1 fully saturated rings. The topological polar surface area (TPSA) is 54.2 Å². The van der Waals surface area contributed by atoms with E-state index in [1.54, 1.807) is 15.8 Å². The molecule has 118 valence electrons. The minimum absolute atomic E-state index is 0.00889. The summed E-state index contributed by atoms with van der Waals surface area (Å²) in [6.45, 7) is 0.440. The van der Waals surface area contributed by atoms with Crippen LogP contribution < -0.4 is 0 Å². The Bertz CT molecular complexity index is 623. The highest BCUT2D eigenvalue weighted by Gasteiger charge is 2.41. The molecule has 1 aromatic heterocycles. The van der Waals surface area contributed by atoms with Crippen LogP contribution in [0.3, 0.4) is 0 Å². The Morgan fingerprint density at radius 1 is 1.23 bits per heavy atom. The maximum atomic E-state index is 12.3. The molecular weight excluding hydrogens is 297 g/mol. The van der Waals surface area contributed by atoms with Crippen LogP contribution in [0.4, 0.5) is 13.2 Å². The van der Waals surface area contributed by atoms with E-state index in [9.17, 15) is 13.2 Å². The van der Waals surface area contributed by atoms with Gasteiger partial charge in [0.15, 0.2) is 6.10 Å². The van der Waals surface area contributed by atoms with Crippen molar-refractivity contribution < 1.29 is 18.3 Å². The molecule has 1 atom stereocenters. The quantitative estimate of drug-likeness (QED) is 0.934. The Morgan fingerprint density at radius 3 is 2.55 bits per heavy atom. The molecule has 0 saturated carbocycles. The Labute approximate surface area is 125 Å². The number of halogens is 3. The highest BCUT2D eigenvalue weighted by atomic mass is 19.4. The first-order valence-corrected chi connectivity index (χ1v) is 6.88. The molecule has 1 aliphatic rings. The molecule has 22 heavy (non-hydrogen) atoms. The van der Waals surface area contributed by atoms with Crippen LogP contribution in [-0.4, -0.2) is 56.9 Å². The van der Waals surface area contributed by atoms with Crippen molar-refractivity contribution in [3.63, 3.8) is 0 Å². The zero-order valence-electron chi connectivity index (χ0n) is 11.6. The molecule has 1 aliphatic heterocycles. The van der Waals surface area contributed by atoms with Crippen LogP contribution in [-0.2, 0) is 0 Å². The molecule has 0 spiro atoms. The standard InChI is InChI=1S/C14H15F3N4O/c15-14(16,17)13(22)9-20-6-11(7-20)21-8-12(18-19-21)10-4-2-1-3-5-10/h1-5,8,11,13,22H,6-7,9H2. The average molecular weight is 312 g/mol. The second-order valence-electron chi connectivity index (χ2n) is 5.38. The van der Waals surface area contributed by atoms with Gasteiger partial charge < -0.3 is 5.11 Å². The molecular formula is C14H15F3N4O. The molecule has 0 amide bonds. The maximum Gasteiger partial charge on any atom is 0.415 e. The van der Waals surface area contributed by atoms with Gasteiger partial charge in [0, 0.05) is 25.2 Å². The van der Waals surface area contributed by atoms with Gasteiger partial charge in [0.25, 0.3) is 0 Å². The molecule has 2 heterocycles. The molecule has 3 rings (SSSR count). The highest BCUT2D eigenvalue weighted by Crippen LogP contribution is 2.26. The Balaban J connectivity index is 1.57. The zero-order valence-corrected chi connectivity index (χ0v) is 11.6. The van der Waals surface area contributed by atoms with Crippen LogP contribution >= 0.6 is 0 Å².